The number of sulfone groups is 1. The molecule has 0 aliphatic carbocycles. The molecule has 0 unspecified atom stereocenters. The summed E-state index contributed by atoms with van der Waals surface area (Å²) in [6.07, 6.45) is 1.11. The lowest BCUT2D eigenvalue weighted by Gasteiger charge is -2.14. The minimum atomic E-state index is -3.36. The van der Waals surface area contributed by atoms with Crippen LogP contribution in [-0.4, -0.2) is 24.3 Å². The molecule has 2 aromatic carbocycles. The number of aromatic hydroxyl groups is 1. The fourth-order valence-corrected chi connectivity index (χ4v) is 3.78. The van der Waals surface area contributed by atoms with Crippen molar-refractivity contribution in [1.29, 1.82) is 0 Å². The summed E-state index contributed by atoms with van der Waals surface area (Å²) in [4.78, 5) is 12.6. The van der Waals surface area contributed by atoms with Gasteiger partial charge >= 0.3 is 0 Å². The topological polar surface area (TPSA) is 76.4 Å². The molecule has 0 spiro atoms. The molecule has 0 saturated carbocycles. The van der Waals surface area contributed by atoms with Crippen molar-refractivity contribution in [3.63, 3.8) is 0 Å². The molecule has 0 bridgehead atoms. The van der Waals surface area contributed by atoms with E-state index in [2.05, 4.69) is 0 Å². The lowest BCUT2D eigenvalue weighted by Crippen LogP contribution is -2.21. The Morgan fingerprint density at radius 1 is 1.16 bits per heavy atom. The number of aromatic nitrogens is 1. The predicted octanol–water partition coefficient (Wildman–Crippen LogP) is 3.12. The maximum Gasteiger partial charge on any atom is 0.251 e. The Balaban J connectivity index is 2.17. The number of benzene rings is 2. The summed E-state index contributed by atoms with van der Waals surface area (Å²) in [5, 5.41) is 11.0. The van der Waals surface area contributed by atoms with Crippen LogP contribution >= 0.6 is 11.6 Å². The molecule has 25 heavy (non-hydrogen) atoms. The van der Waals surface area contributed by atoms with Gasteiger partial charge in [-0.3, -0.25) is 4.79 Å². The van der Waals surface area contributed by atoms with E-state index < -0.39 is 9.84 Å². The summed E-state index contributed by atoms with van der Waals surface area (Å²) < 4.78 is 24.7. The van der Waals surface area contributed by atoms with Crippen molar-refractivity contribution < 1.29 is 13.5 Å². The third-order valence-corrected chi connectivity index (χ3v) is 5.55. The van der Waals surface area contributed by atoms with E-state index in [1.54, 1.807) is 31.2 Å². The van der Waals surface area contributed by atoms with Crippen molar-refractivity contribution in [2.75, 3.05) is 6.26 Å². The van der Waals surface area contributed by atoms with Gasteiger partial charge in [0.25, 0.3) is 5.56 Å². The minimum absolute atomic E-state index is 0.0993. The predicted molar refractivity (Wildman–Crippen MR) is 98.3 cm³/mol. The number of hydrogen-bond donors (Lipinski definition) is 1. The molecule has 5 nitrogen and oxygen atoms in total. The van der Waals surface area contributed by atoms with E-state index in [1.807, 2.05) is 0 Å². The zero-order valence-corrected chi connectivity index (χ0v) is 15.2. The maximum atomic E-state index is 12.4. The molecule has 0 fully saturated rings. The molecule has 7 heteroatoms. The second-order valence-corrected chi connectivity index (χ2v) is 8.37. The van der Waals surface area contributed by atoms with Crippen molar-refractivity contribution >= 4 is 32.3 Å². The Morgan fingerprint density at radius 3 is 2.52 bits per heavy atom. The van der Waals surface area contributed by atoms with E-state index in [4.69, 9.17) is 11.6 Å². The van der Waals surface area contributed by atoms with Crippen LogP contribution in [0.1, 0.15) is 11.1 Å². The average molecular weight is 378 g/mol. The molecule has 0 saturated heterocycles. The van der Waals surface area contributed by atoms with Crippen LogP contribution in [0.2, 0.25) is 5.02 Å². The third kappa shape index (κ3) is 3.27. The first-order valence-corrected chi connectivity index (χ1v) is 9.76. The Hall–Kier alpha value is -2.31. The number of pyridine rings is 1. The molecule has 0 atom stereocenters. The monoisotopic (exact) mass is 377 g/mol. The largest absolute Gasteiger partial charge is 0.507 e. The zero-order valence-electron chi connectivity index (χ0n) is 13.7. The summed E-state index contributed by atoms with van der Waals surface area (Å²) in [6.45, 7) is 1.93. The fourth-order valence-electron chi connectivity index (χ4n) is 2.83. The number of halogens is 1. The highest BCUT2D eigenvalue weighted by molar-refractivity contribution is 7.90. The van der Waals surface area contributed by atoms with Crippen LogP contribution in [0, 0.1) is 6.92 Å². The Labute approximate surface area is 150 Å². The van der Waals surface area contributed by atoms with E-state index in [-0.39, 0.29) is 27.8 Å². The van der Waals surface area contributed by atoms with Crippen molar-refractivity contribution in [3.8, 4) is 5.75 Å². The van der Waals surface area contributed by atoms with Gasteiger partial charge in [0.05, 0.1) is 17.0 Å². The van der Waals surface area contributed by atoms with Gasteiger partial charge in [-0.05, 0) is 42.3 Å². The summed E-state index contributed by atoms with van der Waals surface area (Å²) in [6, 6.07) is 10.9. The van der Waals surface area contributed by atoms with Gasteiger partial charge in [0.2, 0.25) is 0 Å². The van der Waals surface area contributed by atoms with Gasteiger partial charge in [-0.15, -0.1) is 0 Å². The number of rotatable bonds is 3. The highest BCUT2D eigenvalue weighted by Crippen LogP contribution is 2.28. The van der Waals surface area contributed by atoms with Gasteiger partial charge in [0.15, 0.2) is 9.84 Å². The molecule has 1 aromatic heterocycles. The van der Waals surface area contributed by atoms with Gasteiger partial charge in [-0.2, -0.15) is 0 Å². The van der Waals surface area contributed by atoms with Crippen LogP contribution in [-0.2, 0) is 16.4 Å². The molecule has 1 heterocycles. The normalized spacial score (nSPS) is 11.8. The van der Waals surface area contributed by atoms with Gasteiger partial charge in [0, 0.05) is 22.7 Å². The maximum absolute atomic E-state index is 12.4. The lowest BCUT2D eigenvalue weighted by atomic mass is 10.1. The standard InChI is InChI=1S/C18H16ClNO4S/c1-11-8-17(22)20(15-4-3-5-16(21)18(11)15)10-12-6-7-13(9-14(12)19)25(2,23)24/h3-9,21H,10H2,1-2H3. The fraction of sp³-hybridized carbons (Fsp3) is 0.167. The van der Waals surface area contributed by atoms with Crippen LogP contribution in [0.5, 0.6) is 5.75 Å². The molecule has 3 rings (SSSR count). The molecule has 3 aromatic rings. The quantitative estimate of drug-likeness (QED) is 0.760. The highest BCUT2D eigenvalue weighted by Gasteiger charge is 2.13. The van der Waals surface area contributed by atoms with Crippen molar-refractivity contribution in [2.45, 2.75) is 18.4 Å². The first-order chi connectivity index (χ1) is 11.7. The van der Waals surface area contributed by atoms with Gasteiger partial charge in [0.1, 0.15) is 5.75 Å². The Morgan fingerprint density at radius 2 is 1.88 bits per heavy atom. The average Bonchev–Trinajstić information content (AvgIpc) is 2.51. The number of fused-ring (bicyclic) bond motifs is 1. The number of phenolic OH excluding ortho intramolecular Hbond substituents is 1. The van der Waals surface area contributed by atoms with Gasteiger partial charge in [-0.1, -0.05) is 23.7 Å². The van der Waals surface area contributed by atoms with E-state index >= 15 is 0 Å². The molecule has 0 aliphatic rings. The van der Waals surface area contributed by atoms with Crippen LogP contribution in [0.4, 0.5) is 0 Å². The van der Waals surface area contributed by atoms with Crippen LogP contribution in [0.25, 0.3) is 10.9 Å². The number of aryl methyl sites for hydroxylation is 1. The number of nitrogens with zero attached hydrogens (tertiary/aromatic N) is 1. The van der Waals surface area contributed by atoms with Gasteiger partial charge in [-0.25, -0.2) is 8.42 Å². The minimum Gasteiger partial charge on any atom is -0.507 e. The smallest absolute Gasteiger partial charge is 0.251 e. The van der Waals surface area contributed by atoms with Crippen molar-refractivity contribution in [2.24, 2.45) is 0 Å². The lowest BCUT2D eigenvalue weighted by molar-refractivity contribution is 0.481. The molecule has 1 N–H and O–H groups in total. The molecular formula is C18H16ClNO4S. The third-order valence-electron chi connectivity index (χ3n) is 4.09. The molecule has 0 amide bonds. The van der Waals surface area contributed by atoms with Crippen molar-refractivity contribution in [1.82, 2.24) is 4.57 Å². The highest BCUT2D eigenvalue weighted by atomic mass is 35.5. The van der Waals surface area contributed by atoms with E-state index in [9.17, 15) is 18.3 Å². The first-order valence-electron chi connectivity index (χ1n) is 7.49. The zero-order chi connectivity index (χ0) is 18.4. The molecule has 0 aliphatic heterocycles. The summed E-state index contributed by atoms with van der Waals surface area (Å²) in [7, 11) is -3.36. The Kier molecular flexibility index (Phi) is 4.34. The second kappa shape index (κ2) is 6.20. The number of hydrogen-bond acceptors (Lipinski definition) is 4. The molecular weight excluding hydrogens is 362 g/mol. The van der Waals surface area contributed by atoms with E-state index in [0.717, 1.165) is 6.26 Å². The van der Waals surface area contributed by atoms with Crippen LogP contribution in [0.15, 0.2) is 52.2 Å². The first kappa shape index (κ1) is 17.5. The molecule has 130 valence electrons. The Bertz CT molecular complexity index is 1150. The van der Waals surface area contributed by atoms with Crippen LogP contribution < -0.4 is 5.56 Å². The summed E-state index contributed by atoms with van der Waals surface area (Å²) in [5.74, 6) is 0.0993. The van der Waals surface area contributed by atoms with Crippen molar-refractivity contribution in [3.05, 3.63) is 69.0 Å². The summed E-state index contributed by atoms with van der Waals surface area (Å²) >= 11 is 6.22. The summed E-state index contributed by atoms with van der Waals surface area (Å²) in [5.41, 5.74) is 1.67. The SMILES string of the molecule is Cc1cc(=O)n(Cc2ccc(S(C)(=O)=O)cc2Cl)c2cccc(O)c12. The number of phenols is 1. The van der Waals surface area contributed by atoms with E-state index in [1.165, 1.54) is 22.8 Å². The van der Waals surface area contributed by atoms with Gasteiger partial charge < -0.3 is 9.67 Å². The van der Waals surface area contributed by atoms with E-state index in [0.29, 0.717) is 22.0 Å². The molecule has 0 radical (unpaired) electrons. The second-order valence-electron chi connectivity index (χ2n) is 5.95. The van der Waals surface area contributed by atoms with Crippen LogP contribution in [0.3, 0.4) is 0 Å².